The Balaban J connectivity index is 2.83. The molecule has 0 N–H and O–H groups in total. The molecule has 0 fully saturated rings. The monoisotopic (exact) mass is 188 g/mol. The van der Waals surface area contributed by atoms with Crippen LogP contribution in [0.25, 0.3) is 6.08 Å². The highest BCUT2D eigenvalue weighted by atomic mass is 14.0. The summed E-state index contributed by atoms with van der Waals surface area (Å²) in [6, 6.07) is 8.75. The molecule has 0 heteroatoms. The summed E-state index contributed by atoms with van der Waals surface area (Å²) in [5.41, 5.74) is 2.72. The molecule has 0 aromatic heterocycles. The van der Waals surface area contributed by atoms with Crippen molar-refractivity contribution in [1.29, 1.82) is 0 Å². The fourth-order valence-electron chi connectivity index (χ4n) is 1.33. The van der Waals surface area contributed by atoms with Gasteiger partial charge in [0, 0.05) is 0 Å². The van der Waals surface area contributed by atoms with Gasteiger partial charge in [0.15, 0.2) is 0 Å². The number of benzene rings is 1. The summed E-state index contributed by atoms with van der Waals surface area (Å²) < 4.78 is 0. The van der Waals surface area contributed by atoms with Crippen LogP contribution in [-0.2, 0) is 0 Å². The molecule has 0 aliphatic rings. The van der Waals surface area contributed by atoms with Crippen molar-refractivity contribution in [2.24, 2.45) is 5.92 Å². The zero-order valence-electron chi connectivity index (χ0n) is 9.62. The molecule has 0 atom stereocenters. The summed E-state index contributed by atoms with van der Waals surface area (Å²) in [7, 11) is 0. The van der Waals surface area contributed by atoms with Crippen LogP contribution in [0.1, 0.15) is 44.7 Å². The molecule has 0 saturated heterocycles. The standard InChI is InChI=1S/C14H20/c1-11(2)8-9-13-6-5-7-14(10-13)12(3)4/h5-12H,1-4H3. The van der Waals surface area contributed by atoms with Crippen LogP contribution in [-0.4, -0.2) is 0 Å². The van der Waals surface area contributed by atoms with E-state index >= 15 is 0 Å². The normalized spacial score (nSPS) is 11.9. The second-order valence-electron chi connectivity index (χ2n) is 4.43. The van der Waals surface area contributed by atoms with Crippen molar-refractivity contribution in [2.75, 3.05) is 0 Å². The van der Waals surface area contributed by atoms with Gasteiger partial charge >= 0.3 is 0 Å². The van der Waals surface area contributed by atoms with Crippen molar-refractivity contribution < 1.29 is 0 Å². The van der Waals surface area contributed by atoms with Crippen LogP contribution in [0.15, 0.2) is 30.3 Å². The Bertz CT molecular complexity index is 306. The average molecular weight is 188 g/mol. The third-order valence-electron chi connectivity index (χ3n) is 2.25. The van der Waals surface area contributed by atoms with Gasteiger partial charge in [-0.2, -0.15) is 0 Å². The first-order chi connectivity index (χ1) is 6.59. The Kier molecular flexibility index (Phi) is 3.94. The topological polar surface area (TPSA) is 0 Å². The Hall–Kier alpha value is -1.04. The average Bonchev–Trinajstić information content (AvgIpc) is 2.15. The quantitative estimate of drug-likeness (QED) is 0.656. The maximum Gasteiger partial charge on any atom is -0.0219 e. The minimum Gasteiger partial charge on any atom is -0.0814 e. The highest BCUT2D eigenvalue weighted by molar-refractivity contribution is 5.50. The second-order valence-corrected chi connectivity index (χ2v) is 4.43. The van der Waals surface area contributed by atoms with Crippen LogP contribution < -0.4 is 0 Å². The Morgan fingerprint density at radius 2 is 1.79 bits per heavy atom. The lowest BCUT2D eigenvalue weighted by atomic mass is 10.0. The van der Waals surface area contributed by atoms with Gasteiger partial charge in [0.25, 0.3) is 0 Å². The van der Waals surface area contributed by atoms with Crippen molar-refractivity contribution in [2.45, 2.75) is 33.6 Å². The van der Waals surface area contributed by atoms with E-state index in [1.165, 1.54) is 11.1 Å². The molecule has 0 radical (unpaired) electrons. The summed E-state index contributed by atoms with van der Waals surface area (Å²) in [5, 5.41) is 0. The molecule has 14 heavy (non-hydrogen) atoms. The predicted molar refractivity (Wildman–Crippen MR) is 64.4 cm³/mol. The van der Waals surface area contributed by atoms with Gasteiger partial charge in [0.05, 0.1) is 0 Å². The van der Waals surface area contributed by atoms with Gasteiger partial charge < -0.3 is 0 Å². The zero-order chi connectivity index (χ0) is 10.6. The summed E-state index contributed by atoms with van der Waals surface area (Å²) in [6.07, 6.45) is 4.44. The van der Waals surface area contributed by atoms with E-state index in [1.54, 1.807) is 0 Å². The highest BCUT2D eigenvalue weighted by Gasteiger charge is 1.98. The molecule has 0 heterocycles. The van der Waals surface area contributed by atoms with Crippen molar-refractivity contribution in [1.82, 2.24) is 0 Å². The molecule has 1 aromatic rings. The molecule has 0 unspecified atom stereocenters. The maximum atomic E-state index is 2.27. The molecule has 0 aliphatic heterocycles. The van der Waals surface area contributed by atoms with Crippen LogP contribution >= 0.6 is 0 Å². The van der Waals surface area contributed by atoms with E-state index in [2.05, 4.69) is 64.1 Å². The lowest BCUT2D eigenvalue weighted by molar-refractivity contribution is 0.836. The first-order valence-corrected chi connectivity index (χ1v) is 5.37. The minimum absolute atomic E-state index is 0.613. The van der Waals surface area contributed by atoms with Crippen LogP contribution in [0.2, 0.25) is 0 Å². The lowest BCUT2D eigenvalue weighted by Crippen LogP contribution is -1.87. The molecule has 1 rings (SSSR count). The fraction of sp³-hybridized carbons (Fsp3) is 0.429. The van der Waals surface area contributed by atoms with Crippen molar-refractivity contribution in [3.63, 3.8) is 0 Å². The van der Waals surface area contributed by atoms with Gasteiger partial charge in [-0.15, -0.1) is 0 Å². The third-order valence-corrected chi connectivity index (χ3v) is 2.25. The van der Waals surface area contributed by atoms with Crippen LogP contribution in [0.4, 0.5) is 0 Å². The number of allylic oxidation sites excluding steroid dienone is 1. The fourth-order valence-corrected chi connectivity index (χ4v) is 1.33. The molecule has 76 valence electrons. The van der Waals surface area contributed by atoms with Crippen molar-refractivity contribution in [3.8, 4) is 0 Å². The van der Waals surface area contributed by atoms with Gasteiger partial charge in [0.2, 0.25) is 0 Å². The van der Waals surface area contributed by atoms with E-state index in [0.29, 0.717) is 11.8 Å². The molecule has 0 nitrogen and oxygen atoms in total. The van der Waals surface area contributed by atoms with Crippen molar-refractivity contribution in [3.05, 3.63) is 41.5 Å². The number of rotatable bonds is 3. The van der Waals surface area contributed by atoms with Crippen molar-refractivity contribution >= 4 is 6.08 Å². The molecule has 0 amide bonds. The lowest BCUT2D eigenvalue weighted by Gasteiger charge is -2.05. The van der Waals surface area contributed by atoms with Gasteiger partial charge in [-0.3, -0.25) is 0 Å². The highest BCUT2D eigenvalue weighted by Crippen LogP contribution is 2.16. The Morgan fingerprint density at radius 1 is 1.07 bits per heavy atom. The smallest absolute Gasteiger partial charge is 0.0219 e. The SMILES string of the molecule is CC(C)C=Cc1cccc(C(C)C)c1. The van der Waals surface area contributed by atoms with E-state index < -0.39 is 0 Å². The van der Waals surface area contributed by atoms with Crippen LogP contribution in [0, 0.1) is 5.92 Å². The molecule has 0 aliphatic carbocycles. The van der Waals surface area contributed by atoms with E-state index in [1.807, 2.05) is 0 Å². The van der Waals surface area contributed by atoms with Crippen LogP contribution in [0.3, 0.4) is 0 Å². The molecule has 0 saturated carbocycles. The van der Waals surface area contributed by atoms with Crippen LogP contribution in [0.5, 0.6) is 0 Å². The first-order valence-electron chi connectivity index (χ1n) is 5.37. The molecular formula is C14H20. The minimum atomic E-state index is 0.613. The molecular weight excluding hydrogens is 168 g/mol. The van der Waals surface area contributed by atoms with E-state index in [-0.39, 0.29) is 0 Å². The summed E-state index contributed by atoms with van der Waals surface area (Å²) in [4.78, 5) is 0. The molecule has 1 aromatic carbocycles. The predicted octanol–water partition coefficient (Wildman–Crippen LogP) is 4.48. The molecule has 0 bridgehead atoms. The third kappa shape index (κ3) is 3.37. The van der Waals surface area contributed by atoms with E-state index in [9.17, 15) is 0 Å². The number of hydrogen-bond donors (Lipinski definition) is 0. The number of hydrogen-bond acceptors (Lipinski definition) is 0. The van der Waals surface area contributed by atoms with Gasteiger partial charge in [-0.25, -0.2) is 0 Å². The summed E-state index contributed by atoms with van der Waals surface area (Å²) in [6.45, 7) is 8.85. The Morgan fingerprint density at radius 3 is 2.36 bits per heavy atom. The first kappa shape index (κ1) is 11.0. The van der Waals surface area contributed by atoms with Gasteiger partial charge in [-0.05, 0) is 23.0 Å². The zero-order valence-corrected chi connectivity index (χ0v) is 9.62. The van der Waals surface area contributed by atoms with E-state index in [0.717, 1.165) is 0 Å². The largest absolute Gasteiger partial charge is 0.0814 e. The second kappa shape index (κ2) is 4.99. The Labute approximate surface area is 87.7 Å². The van der Waals surface area contributed by atoms with Gasteiger partial charge in [-0.1, -0.05) is 64.1 Å². The van der Waals surface area contributed by atoms with E-state index in [4.69, 9.17) is 0 Å². The maximum absolute atomic E-state index is 2.27. The molecule has 0 spiro atoms. The summed E-state index contributed by atoms with van der Waals surface area (Å²) in [5.74, 6) is 1.24. The summed E-state index contributed by atoms with van der Waals surface area (Å²) >= 11 is 0. The van der Waals surface area contributed by atoms with Gasteiger partial charge in [0.1, 0.15) is 0 Å².